The summed E-state index contributed by atoms with van der Waals surface area (Å²) in [4.78, 5) is 2.11. The molecule has 1 aromatic rings. The van der Waals surface area contributed by atoms with Crippen molar-refractivity contribution in [3.8, 4) is 0 Å². The van der Waals surface area contributed by atoms with Crippen LogP contribution in [0.4, 0.5) is 0 Å². The van der Waals surface area contributed by atoms with Gasteiger partial charge >= 0.3 is 0 Å². The molecule has 1 aromatic heterocycles. The van der Waals surface area contributed by atoms with Crippen molar-refractivity contribution in [3.63, 3.8) is 0 Å². The van der Waals surface area contributed by atoms with E-state index in [0.29, 0.717) is 24.9 Å². The van der Waals surface area contributed by atoms with Gasteiger partial charge in [-0.2, -0.15) is 0 Å². The van der Waals surface area contributed by atoms with Crippen LogP contribution in [0.1, 0.15) is 25.4 Å². The largest absolute Gasteiger partial charge is 0.462 e. The third-order valence-electron chi connectivity index (χ3n) is 2.35. The minimum Gasteiger partial charge on any atom is -0.462 e. The van der Waals surface area contributed by atoms with E-state index in [9.17, 15) is 0 Å². The fraction of sp³-hybridized carbons (Fsp3) is 0.636. The molecule has 1 heterocycles. The third-order valence-corrected chi connectivity index (χ3v) is 2.35. The smallest absolute Gasteiger partial charge is 0.129 e. The standard InChI is InChI=1S/C11H19NO3/c1-9(2)12(5-6-13)7-10-3-4-11(8-14)15-10/h3-4,9,13-14H,5-8H2,1-2H3. The van der Waals surface area contributed by atoms with Gasteiger partial charge < -0.3 is 14.6 Å². The molecule has 0 radical (unpaired) electrons. The fourth-order valence-corrected chi connectivity index (χ4v) is 1.44. The summed E-state index contributed by atoms with van der Waals surface area (Å²) in [5, 5.41) is 17.8. The molecule has 2 N–H and O–H groups in total. The van der Waals surface area contributed by atoms with Crippen LogP contribution < -0.4 is 0 Å². The highest BCUT2D eigenvalue weighted by Crippen LogP contribution is 2.12. The van der Waals surface area contributed by atoms with Gasteiger partial charge in [0.05, 0.1) is 13.2 Å². The van der Waals surface area contributed by atoms with E-state index in [0.717, 1.165) is 5.76 Å². The lowest BCUT2D eigenvalue weighted by atomic mass is 10.3. The first kappa shape index (κ1) is 12.2. The van der Waals surface area contributed by atoms with Crippen LogP contribution in [-0.2, 0) is 13.2 Å². The zero-order valence-corrected chi connectivity index (χ0v) is 9.31. The average Bonchev–Trinajstić information content (AvgIpc) is 2.65. The zero-order chi connectivity index (χ0) is 11.3. The first-order valence-corrected chi connectivity index (χ1v) is 5.20. The van der Waals surface area contributed by atoms with Gasteiger partial charge in [-0.25, -0.2) is 0 Å². The SMILES string of the molecule is CC(C)N(CCO)Cc1ccc(CO)o1. The number of nitrogens with zero attached hydrogens (tertiary/aromatic N) is 1. The quantitative estimate of drug-likeness (QED) is 0.739. The molecule has 0 saturated heterocycles. The molecule has 15 heavy (non-hydrogen) atoms. The molecular weight excluding hydrogens is 194 g/mol. The maximum Gasteiger partial charge on any atom is 0.129 e. The molecule has 0 amide bonds. The molecule has 4 heteroatoms. The van der Waals surface area contributed by atoms with Crippen molar-refractivity contribution in [1.82, 2.24) is 4.90 Å². The number of furan rings is 1. The van der Waals surface area contributed by atoms with Crippen molar-refractivity contribution in [1.29, 1.82) is 0 Å². The van der Waals surface area contributed by atoms with Crippen LogP contribution in [0.25, 0.3) is 0 Å². The molecule has 86 valence electrons. The van der Waals surface area contributed by atoms with Gasteiger partial charge in [-0.3, -0.25) is 4.90 Å². The molecule has 0 spiro atoms. The molecule has 0 saturated carbocycles. The van der Waals surface area contributed by atoms with Gasteiger partial charge in [0.1, 0.15) is 18.1 Å². The molecule has 0 aliphatic heterocycles. The number of aliphatic hydroxyl groups is 2. The van der Waals surface area contributed by atoms with Gasteiger partial charge in [0, 0.05) is 12.6 Å². The minimum absolute atomic E-state index is 0.0678. The van der Waals surface area contributed by atoms with Gasteiger partial charge in [-0.15, -0.1) is 0 Å². The Morgan fingerprint density at radius 3 is 2.40 bits per heavy atom. The predicted molar refractivity (Wildman–Crippen MR) is 57.3 cm³/mol. The summed E-state index contributed by atoms with van der Waals surface area (Å²) in [6.45, 7) is 5.52. The summed E-state index contributed by atoms with van der Waals surface area (Å²) in [7, 11) is 0. The molecule has 0 aliphatic rings. The van der Waals surface area contributed by atoms with Gasteiger partial charge in [0.25, 0.3) is 0 Å². The van der Waals surface area contributed by atoms with E-state index < -0.39 is 0 Å². The first-order chi connectivity index (χ1) is 7.17. The maximum atomic E-state index is 8.90. The van der Waals surface area contributed by atoms with Gasteiger partial charge in [-0.1, -0.05) is 0 Å². The summed E-state index contributed by atoms with van der Waals surface area (Å²) in [6.07, 6.45) is 0. The number of hydrogen-bond acceptors (Lipinski definition) is 4. The van der Waals surface area contributed by atoms with Crippen LogP contribution >= 0.6 is 0 Å². The molecule has 0 atom stereocenters. The van der Waals surface area contributed by atoms with Crippen LogP contribution in [0, 0.1) is 0 Å². The van der Waals surface area contributed by atoms with Crippen LogP contribution in [0.5, 0.6) is 0 Å². The van der Waals surface area contributed by atoms with E-state index >= 15 is 0 Å². The summed E-state index contributed by atoms with van der Waals surface area (Å²) < 4.78 is 5.39. The third kappa shape index (κ3) is 3.66. The Morgan fingerprint density at radius 1 is 1.27 bits per heavy atom. The van der Waals surface area contributed by atoms with Crippen molar-refractivity contribution >= 4 is 0 Å². The lowest BCUT2D eigenvalue weighted by Crippen LogP contribution is -2.32. The highest BCUT2D eigenvalue weighted by Gasteiger charge is 2.11. The van der Waals surface area contributed by atoms with E-state index in [1.54, 1.807) is 6.07 Å². The zero-order valence-electron chi connectivity index (χ0n) is 9.31. The number of hydrogen-bond donors (Lipinski definition) is 2. The normalized spacial score (nSPS) is 11.6. The summed E-state index contributed by atoms with van der Waals surface area (Å²) >= 11 is 0. The maximum absolute atomic E-state index is 8.90. The van der Waals surface area contributed by atoms with E-state index in [4.69, 9.17) is 14.6 Å². The summed E-state index contributed by atoms with van der Waals surface area (Å²) in [5.41, 5.74) is 0. The van der Waals surface area contributed by atoms with Crippen LogP contribution in [0.2, 0.25) is 0 Å². The van der Waals surface area contributed by atoms with E-state index in [2.05, 4.69) is 18.7 Å². The summed E-state index contributed by atoms with van der Waals surface area (Å²) in [5.74, 6) is 1.40. The molecule has 0 aromatic carbocycles. The highest BCUT2D eigenvalue weighted by atomic mass is 16.4. The minimum atomic E-state index is -0.0678. The lowest BCUT2D eigenvalue weighted by molar-refractivity contribution is 0.147. The van der Waals surface area contributed by atoms with Crippen LogP contribution in [-0.4, -0.2) is 34.3 Å². The average molecular weight is 213 g/mol. The topological polar surface area (TPSA) is 56.8 Å². The first-order valence-electron chi connectivity index (χ1n) is 5.20. The monoisotopic (exact) mass is 213 g/mol. The van der Waals surface area contributed by atoms with Gasteiger partial charge in [0.2, 0.25) is 0 Å². The van der Waals surface area contributed by atoms with Crippen LogP contribution in [0.15, 0.2) is 16.5 Å². The fourth-order valence-electron chi connectivity index (χ4n) is 1.44. The molecule has 4 nitrogen and oxygen atoms in total. The molecule has 0 aliphatic carbocycles. The second-order valence-electron chi connectivity index (χ2n) is 3.81. The molecule has 0 bridgehead atoms. The van der Waals surface area contributed by atoms with Crippen molar-refractivity contribution in [2.45, 2.75) is 33.0 Å². The molecule has 0 unspecified atom stereocenters. The number of rotatable bonds is 6. The molecular formula is C11H19NO3. The van der Waals surface area contributed by atoms with Gasteiger partial charge in [-0.05, 0) is 26.0 Å². The van der Waals surface area contributed by atoms with Crippen molar-refractivity contribution in [2.75, 3.05) is 13.2 Å². The Bertz CT molecular complexity index is 283. The Kier molecular flexibility index (Phi) is 4.81. The second-order valence-corrected chi connectivity index (χ2v) is 3.81. The molecule has 1 rings (SSSR count). The van der Waals surface area contributed by atoms with E-state index in [-0.39, 0.29) is 13.2 Å². The molecule has 0 fully saturated rings. The summed E-state index contributed by atoms with van der Waals surface area (Å²) in [6, 6.07) is 3.99. The number of aliphatic hydroxyl groups excluding tert-OH is 2. The predicted octanol–water partition coefficient (Wildman–Crippen LogP) is 0.975. The van der Waals surface area contributed by atoms with E-state index in [1.807, 2.05) is 6.07 Å². The van der Waals surface area contributed by atoms with E-state index in [1.165, 1.54) is 0 Å². The van der Waals surface area contributed by atoms with Gasteiger partial charge in [0.15, 0.2) is 0 Å². The van der Waals surface area contributed by atoms with Crippen molar-refractivity contribution in [3.05, 3.63) is 23.7 Å². The van der Waals surface area contributed by atoms with Crippen LogP contribution in [0.3, 0.4) is 0 Å². The van der Waals surface area contributed by atoms with Crippen molar-refractivity contribution in [2.24, 2.45) is 0 Å². The second kappa shape index (κ2) is 5.90. The Hall–Kier alpha value is -0.840. The Labute approximate surface area is 90.1 Å². The Morgan fingerprint density at radius 2 is 1.93 bits per heavy atom. The van der Waals surface area contributed by atoms with Crippen molar-refractivity contribution < 1.29 is 14.6 Å². The highest BCUT2D eigenvalue weighted by molar-refractivity contribution is 5.06. The lowest BCUT2D eigenvalue weighted by Gasteiger charge is -2.24. The Balaban J connectivity index is 2.57.